The Morgan fingerprint density at radius 2 is 2.07 bits per heavy atom. The molecular weight excluding hydrogens is 188 g/mol. The molecule has 1 fully saturated rings. The fourth-order valence-electron chi connectivity index (χ4n) is 2.41. The summed E-state index contributed by atoms with van der Waals surface area (Å²) in [5.41, 5.74) is 1.62. The van der Waals surface area contributed by atoms with E-state index >= 15 is 0 Å². The first-order valence-corrected chi connectivity index (χ1v) is 6.17. The topological polar surface area (TPSA) is 18.5 Å². The number of hydrogen-bond acceptors (Lipinski definition) is 2. The van der Waals surface area contributed by atoms with Crippen LogP contribution in [0, 0.1) is 11.8 Å². The lowest BCUT2D eigenvalue weighted by Crippen LogP contribution is -2.08. The lowest BCUT2D eigenvalue weighted by atomic mass is 9.92. The molecule has 1 unspecified atom stereocenters. The second-order valence-electron chi connectivity index (χ2n) is 5.02. The number of ether oxygens (including phenoxy) is 2. The predicted molar refractivity (Wildman–Crippen MR) is 60.6 cm³/mol. The van der Waals surface area contributed by atoms with Crippen LogP contribution in [-0.4, -0.2) is 19.5 Å². The van der Waals surface area contributed by atoms with Crippen molar-refractivity contribution in [1.82, 2.24) is 0 Å². The Kier molecular flexibility index (Phi) is 3.81. The highest BCUT2D eigenvalue weighted by atomic mass is 16.7. The molecule has 1 heterocycles. The van der Waals surface area contributed by atoms with Crippen LogP contribution in [0.15, 0.2) is 11.6 Å². The summed E-state index contributed by atoms with van der Waals surface area (Å²) in [7, 11) is 0. The Morgan fingerprint density at radius 1 is 1.33 bits per heavy atom. The molecule has 0 radical (unpaired) electrons. The molecule has 0 N–H and O–H groups in total. The Bertz CT molecular complexity index is 227. The van der Waals surface area contributed by atoms with Gasteiger partial charge >= 0.3 is 0 Å². The maximum Gasteiger partial charge on any atom is 0.158 e. The maximum atomic E-state index is 5.44. The van der Waals surface area contributed by atoms with E-state index in [1.165, 1.54) is 12.8 Å². The Balaban J connectivity index is 1.68. The van der Waals surface area contributed by atoms with Gasteiger partial charge in [0.05, 0.1) is 13.2 Å². The first kappa shape index (κ1) is 11.2. The van der Waals surface area contributed by atoms with Gasteiger partial charge in [0, 0.05) is 6.42 Å². The standard InChI is InChI=1S/C13H22O2/c1-10(2)12-5-3-11(9-12)4-6-13-14-7-8-15-13/h3,10,12-13H,4-9H2,1-2H3. The van der Waals surface area contributed by atoms with E-state index in [4.69, 9.17) is 9.47 Å². The summed E-state index contributed by atoms with van der Waals surface area (Å²) in [6, 6.07) is 0. The van der Waals surface area contributed by atoms with Crippen molar-refractivity contribution in [3.8, 4) is 0 Å². The second-order valence-corrected chi connectivity index (χ2v) is 5.02. The third-order valence-corrected chi connectivity index (χ3v) is 3.57. The molecule has 0 spiro atoms. The van der Waals surface area contributed by atoms with Crippen LogP contribution in [0.2, 0.25) is 0 Å². The molecule has 1 saturated heterocycles. The highest BCUT2D eigenvalue weighted by Gasteiger charge is 2.22. The van der Waals surface area contributed by atoms with Crippen molar-refractivity contribution < 1.29 is 9.47 Å². The largest absolute Gasteiger partial charge is 0.350 e. The van der Waals surface area contributed by atoms with E-state index < -0.39 is 0 Å². The molecule has 15 heavy (non-hydrogen) atoms. The van der Waals surface area contributed by atoms with E-state index in [2.05, 4.69) is 19.9 Å². The normalized spacial score (nSPS) is 27.7. The summed E-state index contributed by atoms with van der Waals surface area (Å²) in [5, 5.41) is 0. The molecule has 0 bridgehead atoms. The van der Waals surface area contributed by atoms with Gasteiger partial charge in [-0.05, 0) is 31.1 Å². The molecule has 0 amide bonds. The van der Waals surface area contributed by atoms with Crippen LogP contribution in [0.4, 0.5) is 0 Å². The highest BCUT2D eigenvalue weighted by molar-refractivity contribution is 5.10. The number of rotatable bonds is 4. The average Bonchev–Trinajstić information content (AvgIpc) is 2.86. The molecule has 0 aromatic rings. The summed E-state index contributed by atoms with van der Waals surface area (Å²) in [6.45, 7) is 6.20. The molecular formula is C13H22O2. The molecule has 1 aliphatic carbocycles. The molecule has 0 aromatic carbocycles. The predicted octanol–water partition coefficient (Wildman–Crippen LogP) is 3.13. The lowest BCUT2D eigenvalue weighted by Gasteiger charge is -2.14. The summed E-state index contributed by atoms with van der Waals surface area (Å²) in [4.78, 5) is 0. The summed E-state index contributed by atoms with van der Waals surface area (Å²) in [5.74, 6) is 1.70. The van der Waals surface area contributed by atoms with E-state index in [0.717, 1.165) is 37.9 Å². The van der Waals surface area contributed by atoms with Gasteiger partial charge in [0.25, 0.3) is 0 Å². The zero-order valence-electron chi connectivity index (χ0n) is 9.87. The molecule has 2 nitrogen and oxygen atoms in total. The van der Waals surface area contributed by atoms with E-state index in [0.29, 0.717) is 0 Å². The van der Waals surface area contributed by atoms with Crippen LogP contribution < -0.4 is 0 Å². The van der Waals surface area contributed by atoms with Crippen molar-refractivity contribution in [1.29, 1.82) is 0 Å². The molecule has 0 aromatic heterocycles. The quantitative estimate of drug-likeness (QED) is 0.664. The summed E-state index contributed by atoms with van der Waals surface area (Å²) < 4.78 is 10.9. The zero-order valence-corrected chi connectivity index (χ0v) is 9.87. The molecule has 1 aliphatic heterocycles. The van der Waals surface area contributed by atoms with E-state index in [1.807, 2.05) is 0 Å². The van der Waals surface area contributed by atoms with Crippen molar-refractivity contribution in [3.05, 3.63) is 11.6 Å². The fourth-order valence-corrected chi connectivity index (χ4v) is 2.41. The number of hydrogen-bond donors (Lipinski definition) is 0. The van der Waals surface area contributed by atoms with Gasteiger partial charge in [0.15, 0.2) is 6.29 Å². The Hall–Kier alpha value is -0.340. The van der Waals surface area contributed by atoms with Gasteiger partial charge in [-0.25, -0.2) is 0 Å². The zero-order chi connectivity index (χ0) is 10.7. The van der Waals surface area contributed by atoms with E-state index in [1.54, 1.807) is 5.57 Å². The smallest absolute Gasteiger partial charge is 0.158 e. The van der Waals surface area contributed by atoms with Gasteiger partial charge < -0.3 is 9.47 Å². The minimum Gasteiger partial charge on any atom is -0.350 e. The van der Waals surface area contributed by atoms with Crippen LogP contribution >= 0.6 is 0 Å². The Labute approximate surface area is 92.6 Å². The van der Waals surface area contributed by atoms with Crippen molar-refractivity contribution in [2.24, 2.45) is 11.8 Å². The van der Waals surface area contributed by atoms with Crippen LogP contribution in [0.1, 0.15) is 39.5 Å². The van der Waals surface area contributed by atoms with Gasteiger partial charge in [0.2, 0.25) is 0 Å². The third-order valence-electron chi connectivity index (χ3n) is 3.57. The van der Waals surface area contributed by atoms with Crippen LogP contribution in [0.25, 0.3) is 0 Å². The van der Waals surface area contributed by atoms with Crippen molar-refractivity contribution >= 4 is 0 Å². The van der Waals surface area contributed by atoms with Gasteiger partial charge in [0.1, 0.15) is 0 Å². The van der Waals surface area contributed by atoms with Crippen molar-refractivity contribution in [2.45, 2.75) is 45.8 Å². The maximum absolute atomic E-state index is 5.44. The van der Waals surface area contributed by atoms with Crippen LogP contribution in [0.3, 0.4) is 0 Å². The minimum absolute atomic E-state index is 0.0731. The molecule has 2 rings (SSSR count). The molecule has 0 saturated carbocycles. The molecule has 1 atom stereocenters. The van der Waals surface area contributed by atoms with Crippen molar-refractivity contribution in [3.63, 3.8) is 0 Å². The lowest BCUT2D eigenvalue weighted by molar-refractivity contribution is -0.0462. The van der Waals surface area contributed by atoms with Crippen molar-refractivity contribution in [2.75, 3.05) is 13.2 Å². The van der Waals surface area contributed by atoms with E-state index in [9.17, 15) is 0 Å². The Morgan fingerprint density at radius 3 is 2.67 bits per heavy atom. The van der Waals surface area contributed by atoms with Gasteiger partial charge in [-0.2, -0.15) is 0 Å². The minimum atomic E-state index is 0.0731. The van der Waals surface area contributed by atoms with Gasteiger partial charge in [-0.3, -0.25) is 0 Å². The first-order valence-electron chi connectivity index (χ1n) is 6.17. The molecule has 2 aliphatic rings. The van der Waals surface area contributed by atoms with Gasteiger partial charge in [-0.15, -0.1) is 0 Å². The SMILES string of the molecule is CC(C)C1CC=C(CCC2OCCO2)C1. The number of allylic oxidation sites excluding steroid dienone is 2. The highest BCUT2D eigenvalue weighted by Crippen LogP contribution is 2.33. The summed E-state index contributed by atoms with van der Waals surface area (Å²) >= 11 is 0. The summed E-state index contributed by atoms with van der Waals surface area (Å²) in [6.07, 6.45) is 7.28. The van der Waals surface area contributed by atoms with Crippen LogP contribution in [-0.2, 0) is 9.47 Å². The van der Waals surface area contributed by atoms with Gasteiger partial charge in [-0.1, -0.05) is 25.5 Å². The first-order chi connectivity index (χ1) is 7.25. The average molecular weight is 210 g/mol. The molecule has 86 valence electrons. The van der Waals surface area contributed by atoms with E-state index in [-0.39, 0.29) is 6.29 Å². The third kappa shape index (κ3) is 3.05. The fraction of sp³-hybridized carbons (Fsp3) is 0.846. The van der Waals surface area contributed by atoms with Crippen LogP contribution in [0.5, 0.6) is 0 Å². The molecule has 2 heteroatoms. The second kappa shape index (κ2) is 5.13. The monoisotopic (exact) mass is 210 g/mol.